The third kappa shape index (κ3) is 3.94. The number of nitrogens with one attached hydrogen (secondary N) is 2. The van der Waals surface area contributed by atoms with E-state index >= 15 is 0 Å². The van der Waals surface area contributed by atoms with Gasteiger partial charge in [-0.05, 0) is 13.8 Å². The number of hydrogen-bond donors (Lipinski definition) is 2. The lowest BCUT2D eigenvalue weighted by Crippen LogP contribution is -2.55. The Morgan fingerprint density at radius 2 is 2.15 bits per heavy atom. The Labute approximate surface area is 119 Å². The molecule has 1 aromatic rings. The molecular formula is C13H23N5O2. The lowest BCUT2D eigenvalue weighted by Gasteiger charge is -2.40. The lowest BCUT2D eigenvalue weighted by molar-refractivity contribution is -0.00863. The molecule has 20 heavy (non-hydrogen) atoms. The van der Waals surface area contributed by atoms with Crippen molar-refractivity contribution in [3.05, 3.63) is 12.4 Å². The second-order valence-corrected chi connectivity index (χ2v) is 5.62. The van der Waals surface area contributed by atoms with Crippen molar-refractivity contribution in [1.29, 1.82) is 0 Å². The molecule has 1 saturated heterocycles. The minimum atomic E-state index is -0.209. The Morgan fingerprint density at radius 3 is 2.75 bits per heavy atom. The fourth-order valence-corrected chi connectivity index (χ4v) is 2.24. The average Bonchev–Trinajstić information content (AvgIpc) is 2.83. The number of aryl methyl sites for hydroxylation is 1. The fourth-order valence-electron chi connectivity index (χ4n) is 2.24. The van der Waals surface area contributed by atoms with Crippen LogP contribution in [-0.4, -0.2) is 59.1 Å². The van der Waals surface area contributed by atoms with Gasteiger partial charge in [0.05, 0.1) is 25.1 Å². The van der Waals surface area contributed by atoms with Crippen molar-refractivity contribution < 1.29 is 9.53 Å². The van der Waals surface area contributed by atoms with Crippen molar-refractivity contribution in [1.82, 2.24) is 20.0 Å². The molecule has 7 nitrogen and oxygen atoms in total. The number of morpholine rings is 1. The molecule has 0 atom stereocenters. The minimum absolute atomic E-state index is 0.0872. The standard InChI is InChI=1S/C13H23N5O2/c1-13(2,18-4-6-20-7-5-18)10-14-12(19)16-11-8-15-17(3)9-11/h8-9H,4-7,10H2,1-3H3,(H2,14,16,19). The molecule has 1 aliphatic heterocycles. The summed E-state index contributed by atoms with van der Waals surface area (Å²) >= 11 is 0. The lowest BCUT2D eigenvalue weighted by atomic mass is 10.0. The van der Waals surface area contributed by atoms with E-state index in [0.717, 1.165) is 26.3 Å². The van der Waals surface area contributed by atoms with E-state index in [1.54, 1.807) is 17.1 Å². The van der Waals surface area contributed by atoms with Gasteiger partial charge in [-0.1, -0.05) is 0 Å². The van der Waals surface area contributed by atoms with Gasteiger partial charge in [0.15, 0.2) is 0 Å². The van der Waals surface area contributed by atoms with Crippen LogP contribution in [0.2, 0.25) is 0 Å². The third-order valence-corrected chi connectivity index (χ3v) is 3.51. The Morgan fingerprint density at radius 1 is 1.45 bits per heavy atom. The van der Waals surface area contributed by atoms with Gasteiger partial charge in [-0.25, -0.2) is 4.79 Å². The van der Waals surface area contributed by atoms with Crippen LogP contribution in [-0.2, 0) is 11.8 Å². The zero-order chi connectivity index (χ0) is 14.6. The molecule has 0 radical (unpaired) electrons. The molecular weight excluding hydrogens is 258 g/mol. The molecule has 1 fully saturated rings. The van der Waals surface area contributed by atoms with Gasteiger partial charge in [0, 0.05) is 38.4 Å². The highest BCUT2D eigenvalue weighted by Gasteiger charge is 2.28. The highest BCUT2D eigenvalue weighted by molar-refractivity contribution is 5.88. The van der Waals surface area contributed by atoms with Crippen LogP contribution in [0, 0.1) is 0 Å². The summed E-state index contributed by atoms with van der Waals surface area (Å²) < 4.78 is 7.00. The van der Waals surface area contributed by atoms with Crippen molar-refractivity contribution in [3.8, 4) is 0 Å². The molecule has 112 valence electrons. The predicted octanol–water partition coefficient (Wildman–Crippen LogP) is 0.652. The summed E-state index contributed by atoms with van der Waals surface area (Å²) in [6.07, 6.45) is 3.37. The van der Waals surface area contributed by atoms with Gasteiger partial charge in [0.25, 0.3) is 0 Å². The zero-order valence-corrected chi connectivity index (χ0v) is 12.3. The SMILES string of the molecule is Cn1cc(NC(=O)NCC(C)(C)N2CCOCC2)cn1. The second-order valence-electron chi connectivity index (χ2n) is 5.62. The number of ether oxygens (including phenoxy) is 1. The molecule has 0 saturated carbocycles. The summed E-state index contributed by atoms with van der Waals surface area (Å²) in [6, 6.07) is -0.209. The molecule has 2 amide bonds. The smallest absolute Gasteiger partial charge is 0.319 e. The Bertz CT molecular complexity index is 451. The second kappa shape index (κ2) is 6.23. The highest BCUT2D eigenvalue weighted by Crippen LogP contribution is 2.15. The summed E-state index contributed by atoms with van der Waals surface area (Å²) in [7, 11) is 1.81. The van der Waals surface area contributed by atoms with Crippen molar-refractivity contribution in [2.24, 2.45) is 7.05 Å². The number of anilines is 1. The normalized spacial score (nSPS) is 16.9. The average molecular weight is 281 g/mol. The summed E-state index contributed by atoms with van der Waals surface area (Å²) in [6.45, 7) is 8.15. The van der Waals surface area contributed by atoms with Crippen molar-refractivity contribution >= 4 is 11.7 Å². The number of aromatic nitrogens is 2. The van der Waals surface area contributed by atoms with Crippen LogP contribution >= 0.6 is 0 Å². The zero-order valence-electron chi connectivity index (χ0n) is 12.3. The molecule has 0 aromatic carbocycles. The molecule has 2 N–H and O–H groups in total. The van der Waals surface area contributed by atoms with Gasteiger partial charge >= 0.3 is 6.03 Å². The minimum Gasteiger partial charge on any atom is -0.379 e. The molecule has 2 heterocycles. The van der Waals surface area contributed by atoms with E-state index in [-0.39, 0.29) is 11.6 Å². The maximum Gasteiger partial charge on any atom is 0.319 e. The Kier molecular flexibility index (Phi) is 4.61. The third-order valence-electron chi connectivity index (χ3n) is 3.51. The maximum absolute atomic E-state index is 11.8. The highest BCUT2D eigenvalue weighted by atomic mass is 16.5. The first-order valence-corrected chi connectivity index (χ1v) is 6.84. The number of urea groups is 1. The number of carbonyl (C=O) groups excluding carboxylic acids is 1. The van der Waals surface area contributed by atoms with Gasteiger partial charge in [0.1, 0.15) is 0 Å². The van der Waals surface area contributed by atoms with Crippen LogP contribution < -0.4 is 10.6 Å². The summed E-state index contributed by atoms with van der Waals surface area (Å²) in [5.74, 6) is 0. The van der Waals surface area contributed by atoms with Crippen LogP contribution in [0.15, 0.2) is 12.4 Å². The van der Waals surface area contributed by atoms with Crippen molar-refractivity contribution in [2.45, 2.75) is 19.4 Å². The van der Waals surface area contributed by atoms with Crippen LogP contribution in [0.4, 0.5) is 10.5 Å². The Balaban J connectivity index is 1.79. The number of nitrogens with zero attached hydrogens (tertiary/aromatic N) is 3. The van der Waals surface area contributed by atoms with Crippen molar-refractivity contribution in [3.63, 3.8) is 0 Å². The predicted molar refractivity (Wildman–Crippen MR) is 76.7 cm³/mol. The van der Waals surface area contributed by atoms with E-state index in [1.165, 1.54) is 0 Å². The molecule has 7 heteroatoms. The van der Waals surface area contributed by atoms with E-state index in [2.05, 4.69) is 34.5 Å². The van der Waals surface area contributed by atoms with E-state index in [9.17, 15) is 4.79 Å². The van der Waals surface area contributed by atoms with E-state index < -0.39 is 0 Å². The number of carbonyl (C=O) groups is 1. The number of rotatable bonds is 4. The molecule has 1 aromatic heterocycles. The van der Waals surface area contributed by atoms with Gasteiger partial charge in [-0.2, -0.15) is 5.10 Å². The van der Waals surface area contributed by atoms with Crippen LogP contribution in [0.25, 0.3) is 0 Å². The van der Waals surface area contributed by atoms with E-state index in [4.69, 9.17) is 4.74 Å². The van der Waals surface area contributed by atoms with E-state index in [0.29, 0.717) is 12.2 Å². The molecule has 0 unspecified atom stereocenters. The van der Waals surface area contributed by atoms with Crippen molar-refractivity contribution in [2.75, 3.05) is 38.2 Å². The first-order valence-electron chi connectivity index (χ1n) is 6.84. The van der Waals surface area contributed by atoms with Gasteiger partial charge in [-0.3, -0.25) is 9.58 Å². The summed E-state index contributed by atoms with van der Waals surface area (Å²) in [4.78, 5) is 14.2. The quantitative estimate of drug-likeness (QED) is 0.850. The molecule has 0 spiro atoms. The van der Waals surface area contributed by atoms with Crippen LogP contribution in [0.5, 0.6) is 0 Å². The van der Waals surface area contributed by atoms with Gasteiger partial charge < -0.3 is 15.4 Å². The summed E-state index contributed by atoms with van der Waals surface area (Å²) in [5, 5.41) is 9.67. The Hall–Kier alpha value is -1.60. The van der Waals surface area contributed by atoms with E-state index in [1.807, 2.05) is 7.05 Å². The van der Waals surface area contributed by atoms with Crippen LogP contribution in [0.3, 0.4) is 0 Å². The largest absolute Gasteiger partial charge is 0.379 e. The number of hydrogen-bond acceptors (Lipinski definition) is 4. The first kappa shape index (κ1) is 14.8. The summed E-state index contributed by atoms with van der Waals surface area (Å²) in [5.41, 5.74) is 0.602. The van der Waals surface area contributed by atoms with Crippen LogP contribution in [0.1, 0.15) is 13.8 Å². The molecule has 1 aliphatic rings. The molecule has 0 aliphatic carbocycles. The molecule has 0 bridgehead atoms. The van der Waals surface area contributed by atoms with Gasteiger partial charge in [-0.15, -0.1) is 0 Å². The number of amides is 2. The molecule has 2 rings (SSSR count). The fraction of sp³-hybridized carbons (Fsp3) is 0.692. The monoisotopic (exact) mass is 281 g/mol. The first-order chi connectivity index (χ1) is 9.47. The topological polar surface area (TPSA) is 71.4 Å². The maximum atomic E-state index is 11.8. The van der Waals surface area contributed by atoms with Gasteiger partial charge in [0.2, 0.25) is 0 Å².